The minimum atomic E-state index is 0.748. The van der Waals surface area contributed by atoms with E-state index in [2.05, 4.69) is 64.7 Å². The minimum Gasteiger partial charge on any atom is -0.0687 e. The van der Waals surface area contributed by atoms with Crippen LogP contribution in [-0.4, -0.2) is 0 Å². The van der Waals surface area contributed by atoms with Crippen LogP contribution in [0.3, 0.4) is 0 Å². The lowest BCUT2D eigenvalue weighted by Crippen LogP contribution is -1.75. The molecule has 0 aromatic rings. The van der Waals surface area contributed by atoms with Crippen LogP contribution in [0.4, 0.5) is 0 Å². The second kappa shape index (κ2) is 9.07. The van der Waals surface area contributed by atoms with Gasteiger partial charge in [-0.05, 0) is 66.8 Å². The summed E-state index contributed by atoms with van der Waals surface area (Å²) in [5, 5.41) is 0. The highest BCUT2D eigenvalue weighted by Crippen LogP contribution is 2.05. The Morgan fingerprint density at radius 3 is 1.69 bits per heavy atom. The van der Waals surface area contributed by atoms with Crippen molar-refractivity contribution in [2.75, 3.05) is 0 Å². The molecule has 0 aliphatic rings. The van der Waals surface area contributed by atoms with E-state index in [-0.39, 0.29) is 0 Å². The van der Waals surface area contributed by atoms with Crippen LogP contribution in [0.2, 0.25) is 0 Å². The van der Waals surface area contributed by atoms with Crippen LogP contribution in [0.5, 0.6) is 0 Å². The predicted octanol–water partition coefficient (Wildman–Crippen LogP) is 3.92. The van der Waals surface area contributed by atoms with Crippen molar-refractivity contribution in [3.8, 4) is 0 Å². The number of allylic oxidation sites excluding steroid dienone is 2. The van der Waals surface area contributed by atoms with Crippen molar-refractivity contribution in [3.63, 3.8) is 0 Å². The molecule has 0 aromatic heterocycles. The summed E-state index contributed by atoms with van der Waals surface area (Å²) in [6.07, 6.45) is 0.748. The molecule has 0 aliphatic heterocycles. The molecule has 0 amide bonds. The third kappa shape index (κ3) is 8.11. The maximum Gasteiger partial charge on any atom is 0.00518 e. The molecule has 0 fully saturated rings. The molecule has 0 aromatic carbocycles. The first kappa shape index (κ1) is 13.5. The van der Waals surface area contributed by atoms with Gasteiger partial charge in [0.25, 0.3) is 0 Å². The van der Waals surface area contributed by atoms with E-state index < -0.39 is 0 Å². The molecule has 76 valence electrons. The number of rotatable bonds is 2. The first-order valence-electron chi connectivity index (χ1n) is 4.66. The SMILES string of the molecule is C=C=C=C=C=C=C(C)CC(C)=C=C=C=C=C. The largest absolute Gasteiger partial charge is 0.0687 e. The molecule has 0 saturated carbocycles. The van der Waals surface area contributed by atoms with E-state index in [1.54, 1.807) is 0 Å². The average Bonchev–Trinajstić information content (AvgIpc) is 2.25. The molecule has 0 atom stereocenters. The van der Waals surface area contributed by atoms with Crippen molar-refractivity contribution in [1.29, 1.82) is 0 Å². The summed E-state index contributed by atoms with van der Waals surface area (Å²) in [6, 6.07) is 0. The summed E-state index contributed by atoms with van der Waals surface area (Å²) in [5.41, 5.74) is 26.0. The van der Waals surface area contributed by atoms with Crippen LogP contribution in [0.15, 0.2) is 75.9 Å². The van der Waals surface area contributed by atoms with E-state index in [0.717, 1.165) is 17.6 Å². The highest BCUT2D eigenvalue weighted by Gasteiger charge is 1.88. The molecule has 0 heterocycles. The zero-order chi connectivity index (χ0) is 12.2. The van der Waals surface area contributed by atoms with Gasteiger partial charge in [0.05, 0.1) is 0 Å². The van der Waals surface area contributed by atoms with Gasteiger partial charge in [0, 0.05) is 6.42 Å². The smallest absolute Gasteiger partial charge is 0.00518 e. The zero-order valence-corrected chi connectivity index (χ0v) is 9.62. The topological polar surface area (TPSA) is 0 Å². The van der Waals surface area contributed by atoms with Crippen molar-refractivity contribution >= 4 is 0 Å². The maximum atomic E-state index is 3.37. The molecule has 0 heteroatoms. The second-order valence-corrected chi connectivity index (χ2v) is 2.97. The van der Waals surface area contributed by atoms with Crippen molar-refractivity contribution < 1.29 is 0 Å². The molecule has 0 aliphatic carbocycles. The quantitative estimate of drug-likeness (QED) is 0.598. The zero-order valence-electron chi connectivity index (χ0n) is 9.62. The molecule has 0 unspecified atom stereocenters. The van der Waals surface area contributed by atoms with E-state index in [1.807, 2.05) is 13.8 Å². The van der Waals surface area contributed by atoms with Crippen molar-refractivity contribution in [2.24, 2.45) is 0 Å². The summed E-state index contributed by atoms with van der Waals surface area (Å²) < 4.78 is 0. The molecular weight excluding hydrogens is 192 g/mol. The molecule has 0 bridgehead atoms. The molecule has 0 rings (SSSR count). The summed E-state index contributed by atoms with van der Waals surface area (Å²) >= 11 is 0. The number of hydrogen-bond donors (Lipinski definition) is 0. The first-order chi connectivity index (χ1) is 7.70. The highest BCUT2D eigenvalue weighted by molar-refractivity contribution is 5.11. The summed E-state index contributed by atoms with van der Waals surface area (Å²) in [5.74, 6) is 0. The Hall–Kier alpha value is -2.50. The molecule has 0 saturated heterocycles. The van der Waals surface area contributed by atoms with Gasteiger partial charge in [-0.2, -0.15) is 0 Å². The molecule has 0 radical (unpaired) electrons. The summed E-state index contributed by atoms with van der Waals surface area (Å²) in [7, 11) is 0. The lowest BCUT2D eigenvalue weighted by Gasteiger charge is -1.91. The van der Waals surface area contributed by atoms with Crippen LogP contribution < -0.4 is 0 Å². The van der Waals surface area contributed by atoms with E-state index in [4.69, 9.17) is 0 Å². The van der Waals surface area contributed by atoms with Gasteiger partial charge in [0.15, 0.2) is 0 Å². The van der Waals surface area contributed by atoms with Gasteiger partial charge < -0.3 is 0 Å². The Labute approximate surface area is 96.6 Å². The molecular formula is C16H12. The molecule has 0 spiro atoms. The van der Waals surface area contributed by atoms with Gasteiger partial charge in [-0.15, -0.1) is 0 Å². The maximum absolute atomic E-state index is 3.37. The van der Waals surface area contributed by atoms with Crippen LogP contribution in [0.1, 0.15) is 20.3 Å². The Morgan fingerprint density at radius 2 is 1.19 bits per heavy atom. The van der Waals surface area contributed by atoms with Crippen LogP contribution in [0, 0.1) is 0 Å². The highest BCUT2D eigenvalue weighted by atomic mass is 13.9. The van der Waals surface area contributed by atoms with Gasteiger partial charge >= 0.3 is 0 Å². The standard InChI is InChI=1S/C16H12/c1-5-7-9-11-13-16(4)14-15(3)12-10-8-6-2/h1-2,14H2,3-4H3. The fraction of sp³-hybridized carbons (Fsp3) is 0.188. The van der Waals surface area contributed by atoms with Gasteiger partial charge in [-0.1, -0.05) is 22.9 Å². The molecule has 0 N–H and O–H groups in total. The van der Waals surface area contributed by atoms with Crippen molar-refractivity contribution in [1.82, 2.24) is 0 Å². The second-order valence-electron chi connectivity index (χ2n) is 2.97. The minimum absolute atomic E-state index is 0.748. The Kier molecular flexibility index (Phi) is 7.65. The van der Waals surface area contributed by atoms with Gasteiger partial charge in [-0.25, -0.2) is 0 Å². The lowest BCUT2D eigenvalue weighted by molar-refractivity contribution is 1.12. The number of hydrogen-bond acceptors (Lipinski definition) is 0. The predicted molar refractivity (Wildman–Crippen MR) is 65.9 cm³/mol. The van der Waals surface area contributed by atoms with Crippen LogP contribution in [-0.2, 0) is 0 Å². The summed E-state index contributed by atoms with van der Waals surface area (Å²) in [4.78, 5) is 0. The third-order valence-corrected chi connectivity index (χ3v) is 1.45. The van der Waals surface area contributed by atoms with Crippen LogP contribution in [0.25, 0.3) is 0 Å². The third-order valence-electron chi connectivity index (χ3n) is 1.45. The van der Waals surface area contributed by atoms with E-state index in [9.17, 15) is 0 Å². The summed E-state index contributed by atoms with van der Waals surface area (Å²) in [6.45, 7) is 10.6. The fourth-order valence-electron chi connectivity index (χ4n) is 0.882. The molecule has 0 nitrogen and oxygen atoms in total. The van der Waals surface area contributed by atoms with E-state index >= 15 is 0 Å². The van der Waals surface area contributed by atoms with Gasteiger partial charge in [0.2, 0.25) is 0 Å². The van der Waals surface area contributed by atoms with Crippen molar-refractivity contribution in [2.45, 2.75) is 20.3 Å². The monoisotopic (exact) mass is 204 g/mol. The first-order valence-corrected chi connectivity index (χ1v) is 4.66. The Balaban J connectivity index is 5.20. The fourth-order valence-corrected chi connectivity index (χ4v) is 0.882. The Bertz CT molecular complexity index is 600. The van der Waals surface area contributed by atoms with Gasteiger partial charge in [-0.3, -0.25) is 0 Å². The molecule has 16 heavy (non-hydrogen) atoms. The van der Waals surface area contributed by atoms with Crippen molar-refractivity contribution in [3.05, 3.63) is 75.9 Å². The normalized spacial score (nSPS) is 5.88. The van der Waals surface area contributed by atoms with E-state index in [0.29, 0.717) is 0 Å². The van der Waals surface area contributed by atoms with Gasteiger partial charge in [0.1, 0.15) is 0 Å². The Morgan fingerprint density at radius 1 is 0.750 bits per heavy atom. The van der Waals surface area contributed by atoms with Crippen LogP contribution >= 0.6 is 0 Å². The van der Waals surface area contributed by atoms with E-state index in [1.165, 1.54) is 0 Å². The lowest BCUT2D eigenvalue weighted by atomic mass is 10.1. The average molecular weight is 204 g/mol.